The summed E-state index contributed by atoms with van der Waals surface area (Å²) < 4.78 is 37.9. The normalized spacial score (nSPS) is 49.1. The number of likely N-dealkylation sites (tertiary alicyclic amines) is 1. The predicted octanol–water partition coefficient (Wildman–Crippen LogP) is 1.68. The molecule has 2 N–H and O–H groups in total. The lowest BCUT2D eigenvalue weighted by Crippen LogP contribution is -2.79. The number of rotatable bonds is 9. The number of benzene rings is 1. The molecule has 0 amide bonds. The third-order valence-electron chi connectivity index (χ3n) is 13.1. The number of esters is 2. The second-order valence-electron chi connectivity index (χ2n) is 14.4. The summed E-state index contributed by atoms with van der Waals surface area (Å²) in [6.07, 6.45) is -2.55. The molecule has 1 heterocycles. The van der Waals surface area contributed by atoms with E-state index in [1.165, 1.54) is 6.92 Å². The number of ether oxygens (including phenoxy) is 6. The van der Waals surface area contributed by atoms with Gasteiger partial charge in [-0.15, -0.1) is 0 Å². The second kappa shape index (κ2) is 10.7. The lowest BCUT2D eigenvalue weighted by atomic mass is 9.42. The fourth-order valence-electron chi connectivity index (χ4n) is 12.2. The van der Waals surface area contributed by atoms with Gasteiger partial charge in [-0.3, -0.25) is 9.69 Å². The Morgan fingerprint density at radius 2 is 1.71 bits per heavy atom. The van der Waals surface area contributed by atoms with Crippen LogP contribution in [0.3, 0.4) is 0 Å². The van der Waals surface area contributed by atoms with Crippen molar-refractivity contribution < 1.29 is 48.2 Å². The summed E-state index contributed by atoms with van der Waals surface area (Å²) in [5.41, 5.74) is -3.74. The molecule has 6 aliphatic rings. The van der Waals surface area contributed by atoms with Gasteiger partial charge in [0, 0.05) is 89.4 Å². The zero-order valence-electron chi connectivity index (χ0n) is 27.0. The van der Waals surface area contributed by atoms with Crippen molar-refractivity contribution in [2.75, 3.05) is 48.1 Å². The van der Waals surface area contributed by atoms with Crippen LogP contribution in [-0.4, -0.2) is 123 Å². The molecule has 1 aliphatic heterocycles. The Morgan fingerprint density at radius 3 is 2.31 bits per heavy atom. The van der Waals surface area contributed by atoms with Gasteiger partial charge in [0.1, 0.15) is 17.3 Å². The van der Waals surface area contributed by atoms with Crippen LogP contribution in [0.4, 0.5) is 0 Å². The summed E-state index contributed by atoms with van der Waals surface area (Å²) in [6, 6.07) is 8.56. The predicted molar refractivity (Wildman–Crippen MR) is 159 cm³/mol. The molecule has 0 unspecified atom stereocenters. The third-order valence-corrected chi connectivity index (χ3v) is 13.1. The van der Waals surface area contributed by atoms with E-state index < -0.39 is 76.3 Å². The molecule has 14 atom stereocenters. The maximum Gasteiger partial charge on any atom is 0.338 e. The van der Waals surface area contributed by atoms with E-state index in [1.54, 1.807) is 52.7 Å². The minimum atomic E-state index is -1.55. The van der Waals surface area contributed by atoms with Gasteiger partial charge in [0.15, 0.2) is 0 Å². The fourth-order valence-corrected chi connectivity index (χ4v) is 12.2. The van der Waals surface area contributed by atoms with Gasteiger partial charge in [-0.05, 0) is 31.0 Å². The quantitative estimate of drug-likeness (QED) is 0.387. The van der Waals surface area contributed by atoms with Crippen LogP contribution in [-0.2, 0) is 33.2 Å². The molecule has 1 aromatic carbocycles. The average Bonchev–Trinajstić information content (AvgIpc) is 3.40. The first-order valence-corrected chi connectivity index (χ1v) is 16.2. The van der Waals surface area contributed by atoms with Gasteiger partial charge >= 0.3 is 11.9 Å². The lowest BCUT2D eigenvalue weighted by molar-refractivity contribution is -0.300. The Kier molecular flexibility index (Phi) is 7.48. The lowest BCUT2D eigenvalue weighted by Gasteiger charge is -2.70. The van der Waals surface area contributed by atoms with Crippen molar-refractivity contribution >= 4 is 11.9 Å². The van der Waals surface area contributed by atoms with Crippen molar-refractivity contribution in [3.05, 3.63) is 35.9 Å². The molecule has 5 saturated carbocycles. The highest BCUT2D eigenvalue weighted by Crippen LogP contribution is 2.80. The molecule has 1 spiro atoms. The monoisotopic (exact) mass is 629 g/mol. The zero-order valence-corrected chi connectivity index (χ0v) is 27.0. The third kappa shape index (κ3) is 3.72. The van der Waals surface area contributed by atoms with Crippen LogP contribution in [0.15, 0.2) is 30.3 Å². The van der Waals surface area contributed by atoms with E-state index in [4.69, 9.17) is 28.4 Å². The van der Waals surface area contributed by atoms with Crippen molar-refractivity contribution in [2.45, 2.75) is 80.9 Å². The van der Waals surface area contributed by atoms with E-state index >= 15 is 0 Å². The average molecular weight is 630 g/mol. The number of piperidine rings is 1. The van der Waals surface area contributed by atoms with Gasteiger partial charge in [0.2, 0.25) is 0 Å². The van der Waals surface area contributed by atoms with Gasteiger partial charge < -0.3 is 38.6 Å². The van der Waals surface area contributed by atoms with Crippen LogP contribution in [0.2, 0.25) is 0 Å². The molecule has 0 radical (unpaired) electrons. The molecule has 6 fully saturated rings. The highest BCUT2D eigenvalue weighted by Gasteiger charge is 2.90. The fraction of sp³-hybridized carbons (Fsp3) is 0.765. The number of carbonyl (C=O) groups excluding carboxylic acids is 2. The molecule has 7 rings (SSSR count). The standard InChI is InChI=1S/C34H47NO10/c1-7-35-16-31(17-40-3)21(37)13-22(41-4)34-20-14-32(39)23(42-5)15-33(45-18(2)36,25(28(34)35)26(43-6)27(31)34)24(20)29(32)44-30(38)19-11-9-8-10-12-19/h8-12,20-29,37,39H,7,13-17H2,1-6H3/t20-,21-,22+,23+,24-,25+,26+,27-,28-,29-,31+,32-,33-,34+/m1/s1. The topological polar surface area (TPSA) is 133 Å². The smallest absolute Gasteiger partial charge is 0.338 e. The summed E-state index contributed by atoms with van der Waals surface area (Å²) >= 11 is 0. The number of aliphatic hydroxyl groups excluding tert-OH is 1. The van der Waals surface area contributed by atoms with E-state index in [0.29, 0.717) is 31.7 Å². The maximum atomic E-state index is 13.7. The Bertz CT molecular complexity index is 1330. The van der Waals surface area contributed by atoms with Crippen molar-refractivity contribution in [3.8, 4) is 0 Å². The molecule has 11 heteroatoms. The molecular weight excluding hydrogens is 582 g/mol. The van der Waals surface area contributed by atoms with Crippen LogP contribution in [0.1, 0.15) is 43.5 Å². The van der Waals surface area contributed by atoms with Crippen LogP contribution >= 0.6 is 0 Å². The number of fused-ring (bicyclic) bond motifs is 2. The Balaban J connectivity index is 1.50. The minimum absolute atomic E-state index is 0.163. The molecule has 1 saturated heterocycles. The molecule has 1 aromatic rings. The van der Waals surface area contributed by atoms with E-state index in [1.807, 2.05) is 6.07 Å². The summed E-state index contributed by atoms with van der Waals surface area (Å²) in [5, 5.41) is 24.8. The van der Waals surface area contributed by atoms with Gasteiger partial charge in [0.25, 0.3) is 0 Å². The molecule has 7 bridgehead atoms. The molecule has 248 valence electrons. The van der Waals surface area contributed by atoms with E-state index in [9.17, 15) is 19.8 Å². The number of carbonyl (C=O) groups is 2. The van der Waals surface area contributed by atoms with Gasteiger partial charge in [-0.2, -0.15) is 0 Å². The molecule has 5 aliphatic carbocycles. The number of aliphatic hydroxyl groups is 2. The highest BCUT2D eigenvalue weighted by atomic mass is 16.6. The first-order chi connectivity index (χ1) is 21.5. The van der Waals surface area contributed by atoms with Gasteiger partial charge in [-0.1, -0.05) is 25.1 Å². The van der Waals surface area contributed by atoms with E-state index in [-0.39, 0.29) is 30.7 Å². The van der Waals surface area contributed by atoms with Crippen molar-refractivity contribution in [3.63, 3.8) is 0 Å². The Labute approximate surface area is 264 Å². The molecular formula is C34H47NO10. The summed E-state index contributed by atoms with van der Waals surface area (Å²) in [6.45, 7) is 5.08. The molecule has 0 aromatic heterocycles. The number of methoxy groups -OCH3 is 4. The van der Waals surface area contributed by atoms with Gasteiger partial charge in [-0.25, -0.2) is 4.79 Å². The maximum absolute atomic E-state index is 13.7. The summed E-state index contributed by atoms with van der Waals surface area (Å²) in [7, 11) is 6.58. The van der Waals surface area contributed by atoms with Crippen LogP contribution in [0.5, 0.6) is 0 Å². The van der Waals surface area contributed by atoms with Crippen molar-refractivity contribution in [1.82, 2.24) is 4.90 Å². The SMILES string of the molecule is CCN1C[C@]2(COC)[C@H](O)C[C@H](OC)[C@@]34[C@@H]5C[C@@]6(O)[C@@H](OC)C[C@@](OC(C)=O)([C@H]5[C@H]6OC(=O)c5ccccc5)[C@@H]([C@H](OC)[C@H]23)[C@@H]14. The van der Waals surface area contributed by atoms with Gasteiger partial charge in [0.05, 0.1) is 36.6 Å². The Morgan fingerprint density at radius 1 is 1.00 bits per heavy atom. The second-order valence-corrected chi connectivity index (χ2v) is 14.4. The first kappa shape index (κ1) is 31.5. The number of hydrogen-bond acceptors (Lipinski definition) is 11. The largest absolute Gasteiger partial charge is 0.458 e. The summed E-state index contributed by atoms with van der Waals surface area (Å²) in [4.78, 5) is 29.3. The van der Waals surface area contributed by atoms with Crippen molar-refractivity contribution in [1.29, 1.82) is 0 Å². The van der Waals surface area contributed by atoms with Crippen molar-refractivity contribution in [2.24, 2.45) is 34.5 Å². The van der Waals surface area contributed by atoms with E-state index in [2.05, 4.69) is 11.8 Å². The Hall–Kier alpha value is -2.12. The van der Waals surface area contributed by atoms with E-state index in [0.717, 1.165) is 0 Å². The first-order valence-electron chi connectivity index (χ1n) is 16.2. The zero-order chi connectivity index (χ0) is 32.1. The molecule has 11 nitrogen and oxygen atoms in total. The van der Waals surface area contributed by atoms with Crippen LogP contribution in [0.25, 0.3) is 0 Å². The molecule has 45 heavy (non-hydrogen) atoms. The van der Waals surface area contributed by atoms with Crippen LogP contribution in [0, 0.1) is 34.5 Å². The minimum Gasteiger partial charge on any atom is -0.458 e. The number of hydrogen-bond donors (Lipinski definition) is 2. The highest BCUT2D eigenvalue weighted by molar-refractivity contribution is 5.89. The van der Waals surface area contributed by atoms with Crippen LogP contribution < -0.4 is 0 Å². The number of nitrogens with zero attached hydrogens (tertiary/aromatic N) is 1. The summed E-state index contributed by atoms with van der Waals surface area (Å²) in [5.74, 6) is -2.55.